The lowest BCUT2D eigenvalue weighted by Gasteiger charge is -1.99. The number of aryl methyl sites for hydroxylation is 1. The highest BCUT2D eigenvalue weighted by Crippen LogP contribution is 2.28. The lowest BCUT2D eigenvalue weighted by atomic mass is 10.2. The number of para-hydroxylation sites is 1. The predicted molar refractivity (Wildman–Crippen MR) is 75.8 cm³/mol. The minimum atomic E-state index is 0.802. The van der Waals surface area contributed by atoms with Gasteiger partial charge in [-0.3, -0.25) is 4.68 Å². The van der Waals surface area contributed by atoms with Gasteiger partial charge in [-0.15, -0.1) is 0 Å². The van der Waals surface area contributed by atoms with Crippen molar-refractivity contribution in [3.63, 3.8) is 0 Å². The molecule has 0 amide bonds. The number of nitrogens with one attached hydrogen (secondary N) is 1. The maximum absolute atomic E-state index is 5.88. The highest BCUT2D eigenvalue weighted by molar-refractivity contribution is 5.82. The Morgan fingerprint density at radius 3 is 2.95 bits per heavy atom. The highest BCUT2D eigenvalue weighted by atomic mass is 16.3. The molecule has 0 fully saturated rings. The standard InChI is InChI=1S/C15H17N3O/c1-3-16-9-12-10-18(2)17-15(12)14-8-11-6-4-5-7-13(11)19-14/h4-8,10,16H,3,9H2,1-2H3. The zero-order chi connectivity index (χ0) is 13.2. The molecule has 1 N–H and O–H groups in total. The molecule has 0 aliphatic rings. The van der Waals surface area contributed by atoms with Gasteiger partial charge in [-0.2, -0.15) is 5.10 Å². The molecule has 19 heavy (non-hydrogen) atoms. The molecule has 3 aromatic rings. The van der Waals surface area contributed by atoms with Crippen LogP contribution in [0.15, 0.2) is 40.9 Å². The Morgan fingerprint density at radius 1 is 1.32 bits per heavy atom. The summed E-state index contributed by atoms with van der Waals surface area (Å²) >= 11 is 0. The van der Waals surface area contributed by atoms with Gasteiger partial charge in [0.1, 0.15) is 11.3 Å². The number of furan rings is 1. The van der Waals surface area contributed by atoms with Crippen molar-refractivity contribution in [2.24, 2.45) is 7.05 Å². The van der Waals surface area contributed by atoms with Gasteiger partial charge in [0.25, 0.3) is 0 Å². The molecular weight excluding hydrogens is 238 g/mol. The van der Waals surface area contributed by atoms with Gasteiger partial charge < -0.3 is 9.73 Å². The molecule has 0 bridgehead atoms. The van der Waals surface area contributed by atoms with Crippen LogP contribution >= 0.6 is 0 Å². The molecule has 0 atom stereocenters. The first kappa shape index (κ1) is 12.0. The zero-order valence-electron chi connectivity index (χ0n) is 11.2. The molecule has 2 heterocycles. The molecule has 0 spiro atoms. The molecule has 1 aromatic carbocycles. The molecule has 0 unspecified atom stereocenters. The van der Waals surface area contributed by atoms with Crippen LogP contribution in [-0.2, 0) is 13.6 Å². The van der Waals surface area contributed by atoms with Crippen LogP contribution in [0.2, 0.25) is 0 Å². The lowest BCUT2D eigenvalue weighted by Crippen LogP contribution is -2.11. The first-order chi connectivity index (χ1) is 9.28. The van der Waals surface area contributed by atoms with Crippen LogP contribution in [0.25, 0.3) is 22.4 Å². The largest absolute Gasteiger partial charge is 0.454 e. The fourth-order valence-corrected chi connectivity index (χ4v) is 2.23. The van der Waals surface area contributed by atoms with E-state index in [4.69, 9.17) is 4.42 Å². The molecule has 3 rings (SSSR count). The van der Waals surface area contributed by atoms with Gasteiger partial charge in [0.2, 0.25) is 0 Å². The van der Waals surface area contributed by atoms with Crippen molar-refractivity contribution < 1.29 is 4.42 Å². The maximum Gasteiger partial charge on any atom is 0.156 e. The fourth-order valence-electron chi connectivity index (χ4n) is 2.23. The van der Waals surface area contributed by atoms with Gasteiger partial charge in [0, 0.05) is 30.7 Å². The maximum atomic E-state index is 5.88. The van der Waals surface area contributed by atoms with Gasteiger partial charge in [-0.25, -0.2) is 0 Å². The molecule has 0 radical (unpaired) electrons. The predicted octanol–water partition coefficient (Wildman–Crippen LogP) is 2.94. The van der Waals surface area contributed by atoms with Crippen LogP contribution < -0.4 is 5.32 Å². The minimum absolute atomic E-state index is 0.802. The zero-order valence-corrected chi connectivity index (χ0v) is 11.2. The molecule has 98 valence electrons. The Balaban J connectivity index is 2.05. The smallest absolute Gasteiger partial charge is 0.156 e. The number of benzene rings is 1. The van der Waals surface area contributed by atoms with Gasteiger partial charge in [-0.1, -0.05) is 25.1 Å². The van der Waals surface area contributed by atoms with Crippen molar-refractivity contribution in [2.75, 3.05) is 6.54 Å². The first-order valence-corrected chi connectivity index (χ1v) is 6.50. The second-order valence-corrected chi connectivity index (χ2v) is 4.61. The van der Waals surface area contributed by atoms with Crippen LogP contribution in [0.4, 0.5) is 0 Å². The van der Waals surface area contributed by atoms with Gasteiger partial charge in [-0.05, 0) is 18.7 Å². The second-order valence-electron chi connectivity index (χ2n) is 4.61. The molecule has 0 saturated carbocycles. The molecule has 0 aliphatic heterocycles. The molecule has 4 heteroatoms. The Bertz CT molecular complexity index is 663. The van der Waals surface area contributed by atoms with Gasteiger partial charge in [0.15, 0.2) is 5.76 Å². The lowest BCUT2D eigenvalue weighted by molar-refractivity contribution is 0.623. The van der Waals surface area contributed by atoms with Crippen molar-refractivity contribution in [1.29, 1.82) is 0 Å². The van der Waals surface area contributed by atoms with E-state index in [2.05, 4.69) is 23.4 Å². The number of hydrogen-bond acceptors (Lipinski definition) is 3. The third-order valence-electron chi connectivity index (χ3n) is 3.13. The summed E-state index contributed by atoms with van der Waals surface area (Å²) in [6.45, 7) is 3.84. The van der Waals surface area contributed by atoms with E-state index >= 15 is 0 Å². The fraction of sp³-hybridized carbons (Fsp3) is 0.267. The number of aromatic nitrogens is 2. The van der Waals surface area contributed by atoms with E-state index in [9.17, 15) is 0 Å². The summed E-state index contributed by atoms with van der Waals surface area (Å²) in [6, 6.07) is 10.1. The van der Waals surface area contributed by atoms with Crippen LogP contribution in [0.1, 0.15) is 12.5 Å². The summed E-state index contributed by atoms with van der Waals surface area (Å²) in [7, 11) is 1.93. The van der Waals surface area contributed by atoms with Crippen LogP contribution in [0.5, 0.6) is 0 Å². The normalized spacial score (nSPS) is 11.3. The number of hydrogen-bond donors (Lipinski definition) is 1. The average molecular weight is 255 g/mol. The number of fused-ring (bicyclic) bond motifs is 1. The Kier molecular flexibility index (Phi) is 3.09. The van der Waals surface area contributed by atoms with Crippen molar-refractivity contribution in [3.8, 4) is 11.5 Å². The van der Waals surface area contributed by atoms with Crippen LogP contribution in [0.3, 0.4) is 0 Å². The third kappa shape index (κ3) is 2.27. The van der Waals surface area contributed by atoms with Crippen molar-refractivity contribution in [3.05, 3.63) is 42.1 Å². The topological polar surface area (TPSA) is 43.0 Å². The number of nitrogens with zero attached hydrogens (tertiary/aromatic N) is 2. The molecule has 0 saturated heterocycles. The summed E-state index contributed by atoms with van der Waals surface area (Å²) in [4.78, 5) is 0. The average Bonchev–Trinajstić information content (AvgIpc) is 2.99. The van der Waals surface area contributed by atoms with E-state index in [1.54, 1.807) is 0 Å². The quantitative estimate of drug-likeness (QED) is 0.779. The molecule has 2 aromatic heterocycles. The molecule has 4 nitrogen and oxygen atoms in total. The van der Waals surface area contributed by atoms with Crippen molar-refractivity contribution >= 4 is 11.0 Å². The van der Waals surface area contributed by atoms with E-state index < -0.39 is 0 Å². The Hall–Kier alpha value is -2.07. The van der Waals surface area contributed by atoms with Crippen LogP contribution in [0, 0.1) is 0 Å². The van der Waals surface area contributed by atoms with Crippen molar-refractivity contribution in [1.82, 2.24) is 15.1 Å². The summed E-state index contributed by atoms with van der Waals surface area (Å²) in [5.74, 6) is 0.828. The van der Waals surface area contributed by atoms with Gasteiger partial charge >= 0.3 is 0 Å². The molecule has 0 aliphatic carbocycles. The third-order valence-corrected chi connectivity index (χ3v) is 3.13. The summed E-state index contributed by atoms with van der Waals surface area (Å²) < 4.78 is 7.71. The number of rotatable bonds is 4. The van der Waals surface area contributed by atoms with E-state index in [1.807, 2.05) is 42.2 Å². The van der Waals surface area contributed by atoms with Gasteiger partial charge in [0.05, 0.1) is 0 Å². The van der Waals surface area contributed by atoms with E-state index in [-0.39, 0.29) is 0 Å². The second kappa shape index (κ2) is 4.90. The first-order valence-electron chi connectivity index (χ1n) is 6.50. The van der Waals surface area contributed by atoms with Crippen molar-refractivity contribution in [2.45, 2.75) is 13.5 Å². The van der Waals surface area contributed by atoms with E-state index in [0.717, 1.165) is 41.1 Å². The monoisotopic (exact) mass is 255 g/mol. The Labute approximate surface area is 112 Å². The summed E-state index contributed by atoms with van der Waals surface area (Å²) in [5.41, 5.74) is 2.97. The molecular formula is C15H17N3O. The van der Waals surface area contributed by atoms with E-state index in [0.29, 0.717) is 0 Å². The Morgan fingerprint density at radius 2 is 2.16 bits per heavy atom. The highest BCUT2D eigenvalue weighted by Gasteiger charge is 2.14. The van der Waals surface area contributed by atoms with Crippen LogP contribution in [-0.4, -0.2) is 16.3 Å². The SMILES string of the molecule is CCNCc1cn(C)nc1-c1cc2ccccc2o1. The summed E-state index contributed by atoms with van der Waals surface area (Å²) in [6.07, 6.45) is 2.03. The minimum Gasteiger partial charge on any atom is -0.454 e. The summed E-state index contributed by atoms with van der Waals surface area (Å²) in [5, 5.41) is 8.95. The van der Waals surface area contributed by atoms with E-state index in [1.165, 1.54) is 0 Å².